The third-order valence-corrected chi connectivity index (χ3v) is 6.32. The molecule has 0 unspecified atom stereocenters. The van der Waals surface area contributed by atoms with Gasteiger partial charge in [0, 0.05) is 6.04 Å². The highest BCUT2D eigenvalue weighted by molar-refractivity contribution is 7.92. The summed E-state index contributed by atoms with van der Waals surface area (Å²) in [5.74, 6) is -0.0997. The fraction of sp³-hybridized carbons (Fsp3) is 0.611. The van der Waals surface area contributed by atoms with Gasteiger partial charge in [-0.05, 0) is 42.4 Å². The van der Waals surface area contributed by atoms with Crippen LogP contribution in [0.1, 0.15) is 57.9 Å². The molecular weight excluding hydrogens is 310 g/mol. The van der Waals surface area contributed by atoms with Gasteiger partial charge in [0.2, 0.25) is 5.91 Å². The number of hydrogen-bond donors (Lipinski definition) is 1. The summed E-state index contributed by atoms with van der Waals surface area (Å²) in [6.07, 6.45) is 4.32. The Kier molecular flexibility index (Phi) is 5.84. The van der Waals surface area contributed by atoms with Crippen molar-refractivity contribution in [1.82, 2.24) is 5.32 Å². The van der Waals surface area contributed by atoms with E-state index in [4.69, 9.17) is 0 Å². The first-order valence-corrected chi connectivity index (χ1v) is 10.1. The molecule has 0 bridgehead atoms. The summed E-state index contributed by atoms with van der Waals surface area (Å²) >= 11 is 0. The highest BCUT2D eigenvalue weighted by atomic mass is 32.2. The molecule has 2 atom stereocenters. The molecule has 1 amide bonds. The van der Waals surface area contributed by atoms with Gasteiger partial charge in [0.1, 0.15) is 5.75 Å². The maximum atomic E-state index is 12.4. The van der Waals surface area contributed by atoms with Crippen molar-refractivity contribution in [2.24, 2.45) is 5.92 Å². The fourth-order valence-electron chi connectivity index (χ4n) is 3.10. The average Bonchev–Trinajstić information content (AvgIpc) is 2.49. The third kappa shape index (κ3) is 4.80. The summed E-state index contributed by atoms with van der Waals surface area (Å²) in [6, 6.07) is 6.94. The number of hydrogen-bond acceptors (Lipinski definition) is 3. The zero-order chi connectivity index (χ0) is 17.0. The van der Waals surface area contributed by atoms with Gasteiger partial charge in [-0.25, -0.2) is 8.42 Å². The molecule has 0 aliphatic heterocycles. The lowest BCUT2D eigenvalue weighted by Crippen LogP contribution is -2.43. The van der Waals surface area contributed by atoms with Crippen molar-refractivity contribution in [3.8, 4) is 0 Å². The molecule has 0 aromatic heterocycles. The second-order valence-corrected chi connectivity index (χ2v) is 8.91. The Balaban J connectivity index is 2.01. The van der Waals surface area contributed by atoms with E-state index in [1.54, 1.807) is 12.1 Å². The molecule has 5 heteroatoms. The zero-order valence-electron chi connectivity index (χ0n) is 14.2. The van der Waals surface area contributed by atoms with E-state index >= 15 is 0 Å². The Morgan fingerprint density at radius 2 is 1.78 bits per heavy atom. The lowest BCUT2D eigenvalue weighted by molar-refractivity contribution is -0.119. The fourth-order valence-corrected chi connectivity index (χ4v) is 4.24. The van der Waals surface area contributed by atoms with Gasteiger partial charge in [-0.15, -0.1) is 0 Å². The lowest BCUT2D eigenvalue weighted by atomic mass is 9.86. The SMILES string of the molecule is CC(C)c1ccc(S(=O)(=O)CC(=O)N[C@H]2CCCC[C@@H]2C)cc1. The van der Waals surface area contributed by atoms with Crippen LogP contribution in [0.3, 0.4) is 0 Å². The van der Waals surface area contributed by atoms with Gasteiger partial charge >= 0.3 is 0 Å². The number of amides is 1. The van der Waals surface area contributed by atoms with Crippen molar-refractivity contribution in [3.05, 3.63) is 29.8 Å². The van der Waals surface area contributed by atoms with Gasteiger partial charge < -0.3 is 5.32 Å². The smallest absolute Gasteiger partial charge is 0.235 e. The zero-order valence-corrected chi connectivity index (χ0v) is 15.0. The van der Waals surface area contributed by atoms with Gasteiger partial charge in [-0.2, -0.15) is 0 Å². The average molecular weight is 337 g/mol. The Labute approximate surface area is 139 Å². The number of carbonyl (C=O) groups is 1. The first-order valence-electron chi connectivity index (χ1n) is 8.41. The second-order valence-electron chi connectivity index (χ2n) is 6.92. The standard InChI is InChI=1S/C18H27NO3S/c1-13(2)15-8-10-16(11-9-15)23(21,22)12-18(20)19-17-7-5-4-6-14(17)3/h8-11,13-14,17H,4-7,12H2,1-3H3,(H,19,20)/t14-,17-/m0/s1. The molecule has 1 aliphatic carbocycles. The van der Waals surface area contributed by atoms with Gasteiger partial charge in [0.15, 0.2) is 9.84 Å². The van der Waals surface area contributed by atoms with Crippen molar-refractivity contribution < 1.29 is 13.2 Å². The number of carbonyl (C=O) groups excluding carboxylic acids is 1. The highest BCUT2D eigenvalue weighted by Gasteiger charge is 2.25. The Morgan fingerprint density at radius 1 is 1.17 bits per heavy atom. The maximum Gasteiger partial charge on any atom is 0.235 e. The number of rotatable bonds is 5. The van der Waals surface area contributed by atoms with Crippen LogP contribution in [0.25, 0.3) is 0 Å². The van der Waals surface area contributed by atoms with Crippen LogP contribution in [0.4, 0.5) is 0 Å². The molecule has 4 nitrogen and oxygen atoms in total. The maximum absolute atomic E-state index is 12.4. The molecule has 0 radical (unpaired) electrons. The Hall–Kier alpha value is -1.36. The van der Waals surface area contributed by atoms with Crippen LogP contribution >= 0.6 is 0 Å². The van der Waals surface area contributed by atoms with Gasteiger partial charge in [0.25, 0.3) is 0 Å². The molecule has 128 valence electrons. The minimum absolute atomic E-state index is 0.106. The quantitative estimate of drug-likeness (QED) is 0.897. The Bertz CT molecular complexity index is 635. The summed E-state index contributed by atoms with van der Waals surface area (Å²) in [6.45, 7) is 6.23. The van der Waals surface area contributed by atoms with Crippen molar-refractivity contribution in [2.75, 3.05) is 5.75 Å². The van der Waals surface area contributed by atoms with Crippen LogP contribution in [0.15, 0.2) is 29.2 Å². The van der Waals surface area contributed by atoms with E-state index in [1.165, 1.54) is 6.42 Å². The summed E-state index contributed by atoms with van der Waals surface area (Å²) in [5.41, 5.74) is 1.09. The lowest BCUT2D eigenvalue weighted by Gasteiger charge is -2.29. The predicted octanol–water partition coefficient (Wildman–Crippen LogP) is 3.28. The number of nitrogens with one attached hydrogen (secondary N) is 1. The normalized spacial score (nSPS) is 22.1. The third-order valence-electron chi connectivity index (χ3n) is 4.68. The van der Waals surface area contributed by atoms with Crippen LogP contribution < -0.4 is 5.32 Å². The van der Waals surface area contributed by atoms with Crippen LogP contribution in [0.5, 0.6) is 0 Å². The van der Waals surface area contributed by atoms with Gasteiger partial charge in [-0.1, -0.05) is 45.7 Å². The molecule has 1 saturated carbocycles. The van der Waals surface area contributed by atoms with Crippen molar-refractivity contribution >= 4 is 15.7 Å². The summed E-state index contributed by atoms with van der Waals surface area (Å²) < 4.78 is 24.8. The molecule has 1 aromatic carbocycles. The van der Waals surface area contributed by atoms with E-state index in [9.17, 15) is 13.2 Å². The Morgan fingerprint density at radius 3 is 2.35 bits per heavy atom. The summed E-state index contributed by atoms with van der Waals surface area (Å²) in [7, 11) is -3.58. The number of sulfone groups is 1. The van der Waals surface area contributed by atoms with Crippen molar-refractivity contribution in [3.63, 3.8) is 0 Å². The largest absolute Gasteiger partial charge is 0.352 e. The molecular formula is C18H27NO3S. The molecule has 0 saturated heterocycles. The summed E-state index contributed by atoms with van der Waals surface area (Å²) in [5, 5.41) is 2.91. The summed E-state index contributed by atoms with van der Waals surface area (Å²) in [4.78, 5) is 12.3. The molecule has 0 heterocycles. The van der Waals surface area contributed by atoms with Crippen LogP contribution in [0, 0.1) is 5.92 Å². The first-order chi connectivity index (χ1) is 10.8. The van der Waals surface area contributed by atoms with E-state index in [1.807, 2.05) is 12.1 Å². The topological polar surface area (TPSA) is 63.2 Å². The molecule has 2 rings (SSSR count). The minimum Gasteiger partial charge on any atom is -0.352 e. The van der Waals surface area contributed by atoms with Crippen LogP contribution in [0.2, 0.25) is 0 Å². The molecule has 23 heavy (non-hydrogen) atoms. The second kappa shape index (κ2) is 7.47. The van der Waals surface area contributed by atoms with Crippen molar-refractivity contribution in [2.45, 2.75) is 63.3 Å². The first kappa shape index (κ1) is 18.0. The molecule has 1 aromatic rings. The highest BCUT2D eigenvalue weighted by Crippen LogP contribution is 2.24. The van der Waals surface area contributed by atoms with Gasteiger partial charge in [-0.3, -0.25) is 4.79 Å². The van der Waals surface area contributed by atoms with Gasteiger partial charge in [0.05, 0.1) is 4.90 Å². The van der Waals surface area contributed by atoms with E-state index in [2.05, 4.69) is 26.1 Å². The molecule has 0 spiro atoms. The molecule has 1 fully saturated rings. The van der Waals surface area contributed by atoms with Crippen LogP contribution in [-0.4, -0.2) is 26.1 Å². The van der Waals surface area contributed by atoms with Crippen LogP contribution in [-0.2, 0) is 14.6 Å². The molecule has 1 aliphatic rings. The minimum atomic E-state index is -3.58. The van der Waals surface area contributed by atoms with E-state index in [-0.39, 0.29) is 10.9 Å². The van der Waals surface area contributed by atoms with E-state index in [0.29, 0.717) is 11.8 Å². The van der Waals surface area contributed by atoms with Crippen molar-refractivity contribution in [1.29, 1.82) is 0 Å². The van der Waals surface area contributed by atoms with E-state index < -0.39 is 21.5 Å². The number of benzene rings is 1. The predicted molar refractivity (Wildman–Crippen MR) is 92.1 cm³/mol. The molecule has 1 N–H and O–H groups in total. The monoisotopic (exact) mass is 337 g/mol. The van der Waals surface area contributed by atoms with E-state index in [0.717, 1.165) is 24.8 Å².